The molecule has 0 aromatic heterocycles. The van der Waals surface area contributed by atoms with Gasteiger partial charge in [-0.25, -0.2) is 0 Å². The maximum atomic E-state index is 13.3. The largest absolute Gasteiger partial charge is 0.351 e. The number of rotatable bonds is 9. The van der Waals surface area contributed by atoms with Crippen LogP contribution >= 0.6 is 0 Å². The van der Waals surface area contributed by atoms with E-state index in [9.17, 15) is 18.0 Å². The minimum atomic E-state index is -4.14. The van der Waals surface area contributed by atoms with Crippen molar-refractivity contribution in [2.24, 2.45) is 0 Å². The lowest BCUT2D eigenvalue weighted by molar-refractivity contribution is -0.118. The van der Waals surface area contributed by atoms with Crippen LogP contribution < -0.4 is 16.1 Å². The predicted molar refractivity (Wildman–Crippen MR) is 136 cm³/mol. The molecule has 2 atom stereocenters. The molecule has 0 aliphatic rings. The Bertz CT molecular complexity index is 1230. The van der Waals surface area contributed by atoms with Gasteiger partial charge < -0.3 is 10.6 Å². The van der Waals surface area contributed by atoms with E-state index in [1.165, 1.54) is 0 Å². The fourth-order valence-electron chi connectivity index (χ4n) is 3.71. The average Bonchev–Trinajstić information content (AvgIpc) is 2.80. The zero-order valence-electron chi connectivity index (χ0n) is 19.1. The highest BCUT2D eigenvalue weighted by Crippen LogP contribution is 2.34. The fourth-order valence-corrected chi connectivity index (χ4v) is 4.07. The highest BCUT2D eigenvalue weighted by molar-refractivity contribution is 7.85. The Hall–Kier alpha value is -3.43. The predicted octanol–water partition coefficient (Wildman–Crippen LogP) is 2.09. The lowest BCUT2D eigenvalue weighted by Gasteiger charge is -2.24. The van der Waals surface area contributed by atoms with Gasteiger partial charge in [0.15, 0.2) is 0 Å². The van der Waals surface area contributed by atoms with E-state index < -0.39 is 27.7 Å². The van der Waals surface area contributed by atoms with Gasteiger partial charge in [-0.1, -0.05) is 67.0 Å². The first kappa shape index (κ1) is 25.2. The van der Waals surface area contributed by atoms with Crippen LogP contribution in [0.5, 0.6) is 0 Å². The van der Waals surface area contributed by atoms with Crippen molar-refractivity contribution in [3.63, 3.8) is 0 Å². The van der Waals surface area contributed by atoms with Gasteiger partial charge >= 0.3 is 0 Å². The number of carbonyl (C=O) groups is 2. The van der Waals surface area contributed by atoms with Crippen LogP contribution in [-0.4, -0.2) is 44.9 Å². The summed E-state index contributed by atoms with van der Waals surface area (Å²) in [4.78, 5) is 25.6. The Morgan fingerprint density at radius 1 is 0.912 bits per heavy atom. The third kappa shape index (κ3) is 7.03. The van der Waals surface area contributed by atoms with Crippen LogP contribution in [0.15, 0.2) is 78.9 Å². The van der Waals surface area contributed by atoms with Crippen LogP contribution in [0.3, 0.4) is 0 Å². The molecule has 9 heteroatoms. The molecule has 0 aliphatic carbocycles. The van der Waals surface area contributed by atoms with Crippen LogP contribution in [0, 0.1) is 0 Å². The standard InChI is InChI=1S/C25H27BN2O5S/c1-17(18-7-9-20(10-8-18)24(29)27-15-16-34(31,32)33)23(19-5-3-2-4-6-19)25(30)28-22-13-11-21(26)12-14-22/h2-14,17,23H,15-16,26H2,1H3,(H,27,29)(H,28,30)(H,31,32,33)/t17?,23-/m1/s1. The SMILES string of the molecule is Bc1ccc(NC(=O)[C@@H](c2ccccc2)C(C)c2ccc(C(=O)NCCS(=O)(=O)O)cc2)cc1. The molecule has 0 aliphatic heterocycles. The van der Waals surface area contributed by atoms with Crippen LogP contribution in [-0.2, 0) is 14.9 Å². The van der Waals surface area contributed by atoms with Crippen LogP contribution in [0.1, 0.15) is 40.2 Å². The van der Waals surface area contributed by atoms with E-state index in [-0.39, 0.29) is 18.4 Å². The zero-order valence-corrected chi connectivity index (χ0v) is 19.9. The number of anilines is 1. The van der Waals surface area contributed by atoms with Gasteiger partial charge in [0.25, 0.3) is 16.0 Å². The summed E-state index contributed by atoms with van der Waals surface area (Å²) in [6.45, 7) is 1.78. The molecule has 2 amide bonds. The summed E-state index contributed by atoms with van der Waals surface area (Å²) in [5.41, 5.74) is 3.94. The number of nitrogens with one attached hydrogen (secondary N) is 2. The Labute approximate surface area is 200 Å². The molecular weight excluding hydrogens is 451 g/mol. The summed E-state index contributed by atoms with van der Waals surface area (Å²) in [5, 5.41) is 5.47. The van der Waals surface area contributed by atoms with E-state index in [2.05, 4.69) is 10.6 Å². The quantitative estimate of drug-likeness (QED) is 0.322. The van der Waals surface area contributed by atoms with Gasteiger partial charge in [0.1, 0.15) is 7.85 Å². The molecule has 0 saturated carbocycles. The number of carbonyl (C=O) groups excluding carboxylic acids is 2. The monoisotopic (exact) mass is 478 g/mol. The van der Waals surface area contributed by atoms with Crippen molar-refractivity contribution in [3.8, 4) is 0 Å². The third-order valence-corrected chi connectivity index (χ3v) is 6.32. The third-order valence-electron chi connectivity index (χ3n) is 5.60. The molecule has 7 nitrogen and oxygen atoms in total. The Kier molecular flexibility index (Phi) is 8.25. The minimum Gasteiger partial charge on any atom is -0.351 e. The first-order valence-corrected chi connectivity index (χ1v) is 12.5. The Morgan fingerprint density at radius 3 is 2.12 bits per heavy atom. The Morgan fingerprint density at radius 2 is 1.53 bits per heavy atom. The second-order valence-electron chi connectivity index (χ2n) is 8.20. The molecule has 0 heterocycles. The molecule has 0 fully saturated rings. The van der Waals surface area contributed by atoms with Crippen molar-refractivity contribution in [1.82, 2.24) is 5.32 Å². The number of amides is 2. The van der Waals surface area contributed by atoms with Gasteiger partial charge in [-0.05, 0) is 41.3 Å². The topological polar surface area (TPSA) is 113 Å². The highest BCUT2D eigenvalue weighted by atomic mass is 32.2. The maximum Gasteiger partial charge on any atom is 0.266 e. The van der Waals surface area contributed by atoms with Gasteiger partial charge in [-0.15, -0.1) is 0 Å². The molecule has 34 heavy (non-hydrogen) atoms. The summed E-state index contributed by atoms with van der Waals surface area (Å²) in [6, 6.07) is 24.0. The van der Waals surface area contributed by atoms with Crippen molar-refractivity contribution in [2.45, 2.75) is 18.8 Å². The molecule has 0 spiro atoms. The van der Waals surface area contributed by atoms with Gasteiger partial charge in [0.05, 0.1) is 11.7 Å². The average molecular weight is 478 g/mol. The molecule has 0 saturated heterocycles. The van der Waals surface area contributed by atoms with Gasteiger partial charge in [-0.3, -0.25) is 14.1 Å². The molecule has 0 radical (unpaired) electrons. The first-order valence-electron chi connectivity index (χ1n) is 10.9. The maximum absolute atomic E-state index is 13.3. The van der Waals surface area contributed by atoms with E-state index in [1.807, 2.05) is 69.4 Å². The van der Waals surface area contributed by atoms with Crippen molar-refractivity contribution >= 4 is 40.9 Å². The van der Waals surface area contributed by atoms with E-state index in [4.69, 9.17) is 4.55 Å². The number of hydrogen-bond acceptors (Lipinski definition) is 4. The Balaban J connectivity index is 1.78. The van der Waals surface area contributed by atoms with Crippen LogP contribution in [0.2, 0.25) is 0 Å². The van der Waals surface area contributed by atoms with E-state index in [0.29, 0.717) is 5.56 Å². The molecule has 1 unspecified atom stereocenters. The lowest BCUT2D eigenvalue weighted by Crippen LogP contribution is -2.29. The molecule has 3 rings (SSSR count). The van der Waals surface area contributed by atoms with Crippen molar-refractivity contribution in [1.29, 1.82) is 0 Å². The summed E-state index contributed by atoms with van der Waals surface area (Å²) < 4.78 is 30.4. The number of benzene rings is 3. The molecule has 0 bridgehead atoms. The van der Waals surface area contributed by atoms with Gasteiger partial charge in [0, 0.05) is 17.8 Å². The fraction of sp³-hybridized carbons (Fsp3) is 0.200. The second kappa shape index (κ2) is 11.1. The first-order chi connectivity index (χ1) is 16.1. The number of hydrogen-bond donors (Lipinski definition) is 3. The van der Waals surface area contributed by atoms with Crippen molar-refractivity contribution in [3.05, 3.63) is 95.6 Å². The molecule has 3 N–H and O–H groups in total. The van der Waals surface area contributed by atoms with Crippen molar-refractivity contribution in [2.75, 3.05) is 17.6 Å². The molecule has 176 valence electrons. The lowest BCUT2D eigenvalue weighted by atomic mass is 9.81. The van der Waals surface area contributed by atoms with Crippen molar-refractivity contribution < 1.29 is 22.6 Å². The van der Waals surface area contributed by atoms with Gasteiger partial charge in [-0.2, -0.15) is 8.42 Å². The minimum absolute atomic E-state index is 0.130. The van der Waals surface area contributed by atoms with Crippen LogP contribution in [0.25, 0.3) is 0 Å². The normalized spacial score (nSPS) is 13.0. The van der Waals surface area contributed by atoms with E-state index in [0.717, 1.165) is 22.3 Å². The summed E-state index contributed by atoms with van der Waals surface area (Å²) in [6.07, 6.45) is 0. The van der Waals surface area contributed by atoms with Gasteiger partial charge in [0.2, 0.25) is 5.91 Å². The molecular formula is C25H27BN2O5S. The highest BCUT2D eigenvalue weighted by Gasteiger charge is 2.28. The van der Waals surface area contributed by atoms with Crippen LogP contribution in [0.4, 0.5) is 5.69 Å². The van der Waals surface area contributed by atoms with E-state index in [1.54, 1.807) is 24.3 Å². The summed E-state index contributed by atoms with van der Waals surface area (Å²) >= 11 is 0. The summed E-state index contributed by atoms with van der Waals surface area (Å²) in [7, 11) is -2.16. The molecule has 3 aromatic carbocycles. The zero-order chi connectivity index (χ0) is 24.7. The smallest absolute Gasteiger partial charge is 0.266 e. The summed E-state index contributed by atoms with van der Waals surface area (Å²) in [5.74, 6) is -1.78. The molecule has 3 aromatic rings. The van der Waals surface area contributed by atoms with E-state index >= 15 is 0 Å². The second-order valence-corrected chi connectivity index (χ2v) is 9.77.